The van der Waals surface area contributed by atoms with Crippen molar-refractivity contribution in [1.29, 1.82) is 0 Å². The van der Waals surface area contributed by atoms with Gasteiger partial charge in [-0.25, -0.2) is 9.37 Å². The van der Waals surface area contributed by atoms with Crippen molar-refractivity contribution in [1.82, 2.24) is 9.55 Å². The molecule has 30 heavy (non-hydrogen) atoms. The van der Waals surface area contributed by atoms with Crippen LogP contribution in [0.4, 0.5) is 10.1 Å². The molecular weight excluding hydrogens is 385 g/mol. The first-order valence-electron chi connectivity index (χ1n) is 10.4. The number of anilines is 1. The van der Waals surface area contributed by atoms with Crippen LogP contribution >= 0.6 is 0 Å². The summed E-state index contributed by atoms with van der Waals surface area (Å²) in [6.07, 6.45) is 2.87. The zero-order valence-corrected chi connectivity index (χ0v) is 17.2. The molecular formula is C23H24FN3O3. The minimum Gasteiger partial charge on any atom is -0.493 e. The SMILES string of the molecule is Cc1nc2c(OC3CCOc4cc(F)ccc43)cc(N3CCCCC3=O)cc2n1C. The van der Waals surface area contributed by atoms with Gasteiger partial charge in [0.25, 0.3) is 0 Å². The lowest BCUT2D eigenvalue weighted by Crippen LogP contribution is -2.35. The van der Waals surface area contributed by atoms with E-state index in [4.69, 9.17) is 14.5 Å². The van der Waals surface area contributed by atoms with Gasteiger partial charge in [-0.1, -0.05) is 0 Å². The van der Waals surface area contributed by atoms with Gasteiger partial charge in [0, 0.05) is 49.8 Å². The fourth-order valence-electron chi connectivity index (χ4n) is 4.29. The molecule has 2 aromatic carbocycles. The molecule has 6 nitrogen and oxygen atoms in total. The van der Waals surface area contributed by atoms with Gasteiger partial charge in [0.2, 0.25) is 5.91 Å². The molecule has 156 valence electrons. The molecule has 0 radical (unpaired) electrons. The highest BCUT2D eigenvalue weighted by atomic mass is 19.1. The summed E-state index contributed by atoms with van der Waals surface area (Å²) in [4.78, 5) is 19.1. The Balaban J connectivity index is 1.59. The van der Waals surface area contributed by atoms with E-state index in [1.54, 1.807) is 6.07 Å². The smallest absolute Gasteiger partial charge is 0.226 e. The Morgan fingerprint density at radius 1 is 1.23 bits per heavy atom. The third kappa shape index (κ3) is 3.18. The number of halogens is 1. The molecule has 7 heteroatoms. The molecule has 0 bridgehead atoms. The number of carbonyl (C=O) groups excluding carboxylic acids is 1. The van der Waals surface area contributed by atoms with Crippen LogP contribution < -0.4 is 14.4 Å². The Labute approximate surface area is 174 Å². The highest BCUT2D eigenvalue weighted by Gasteiger charge is 2.27. The van der Waals surface area contributed by atoms with Crippen LogP contribution in [0.2, 0.25) is 0 Å². The molecule has 2 aliphatic heterocycles. The molecule has 3 aromatic rings. The number of ether oxygens (including phenoxy) is 2. The highest BCUT2D eigenvalue weighted by Crippen LogP contribution is 2.40. The van der Waals surface area contributed by atoms with Crippen LogP contribution in [0.1, 0.15) is 43.2 Å². The molecule has 1 fully saturated rings. The molecule has 0 aliphatic carbocycles. The van der Waals surface area contributed by atoms with E-state index >= 15 is 0 Å². The molecule has 0 saturated carbocycles. The lowest BCUT2D eigenvalue weighted by atomic mass is 10.0. The normalized spacial score (nSPS) is 19.0. The molecule has 0 N–H and O–H groups in total. The number of aromatic nitrogens is 2. The van der Waals surface area contributed by atoms with E-state index in [2.05, 4.69) is 0 Å². The second kappa shape index (κ2) is 7.31. The lowest BCUT2D eigenvalue weighted by molar-refractivity contribution is -0.119. The van der Waals surface area contributed by atoms with Crippen molar-refractivity contribution < 1.29 is 18.7 Å². The van der Waals surface area contributed by atoms with E-state index in [0.29, 0.717) is 37.5 Å². The van der Waals surface area contributed by atoms with Crippen LogP contribution in [0.5, 0.6) is 11.5 Å². The van der Waals surface area contributed by atoms with Crippen molar-refractivity contribution in [2.24, 2.45) is 7.05 Å². The summed E-state index contributed by atoms with van der Waals surface area (Å²) in [6.45, 7) is 3.11. The van der Waals surface area contributed by atoms with Gasteiger partial charge in [0.15, 0.2) is 0 Å². The largest absolute Gasteiger partial charge is 0.493 e. The summed E-state index contributed by atoms with van der Waals surface area (Å²) in [5.41, 5.74) is 3.34. The maximum atomic E-state index is 13.6. The molecule has 1 atom stereocenters. The first kappa shape index (κ1) is 18.9. The second-order valence-electron chi connectivity index (χ2n) is 7.96. The molecule has 1 amide bonds. The number of benzene rings is 2. The van der Waals surface area contributed by atoms with Crippen molar-refractivity contribution in [2.45, 2.75) is 38.7 Å². The molecule has 1 unspecified atom stereocenters. The standard InChI is InChI=1S/C23H24FN3O3/c1-14-25-23-18(26(14)2)12-16(27-9-4-3-5-22(27)28)13-21(23)30-19-8-10-29-20-11-15(24)6-7-17(19)20/h6-7,11-13,19H,3-5,8-10H2,1-2H3. The maximum Gasteiger partial charge on any atom is 0.226 e. The van der Waals surface area contributed by atoms with E-state index in [-0.39, 0.29) is 17.8 Å². The third-order valence-corrected chi connectivity index (χ3v) is 6.02. The zero-order valence-electron chi connectivity index (χ0n) is 17.2. The first-order chi connectivity index (χ1) is 14.5. The van der Waals surface area contributed by atoms with Crippen LogP contribution in [0.15, 0.2) is 30.3 Å². The second-order valence-corrected chi connectivity index (χ2v) is 7.96. The number of hydrogen-bond acceptors (Lipinski definition) is 4. The van der Waals surface area contributed by atoms with Crippen LogP contribution in [0.3, 0.4) is 0 Å². The molecule has 1 aromatic heterocycles. The average Bonchev–Trinajstić information content (AvgIpc) is 3.03. The number of piperidine rings is 1. The van der Waals surface area contributed by atoms with Crippen LogP contribution in [-0.4, -0.2) is 28.6 Å². The molecule has 5 rings (SSSR count). The zero-order chi connectivity index (χ0) is 20.8. The van der Waals surface area contributed by atoms with Gasteiger partial charge in [-0.3, -0.25) is 4.79 Å². The lowest BCUT2D eigenvalue weighted by Gasteiger charge is -2.29. The minimum absolute atomic E-state index is 0.136. The Bertz CT molecular complexity index is 1140. The van der Waals surface area contributed by atoms with Gasteiger partial charge in [-0.2, -0.15) is 0 Å². The van der Waals surface area contributed by atoms with Crippen molar-refractivity contribution in [3.05, 3.63) is 47.5 Å². The summed E-state index contributed by atoms with van der Waals surface area (Å²) in [7, 11) is 1.96. The van der Waals surface area contributed by atoms with Crippen LogP contribution in [0, 0.1) is 12.7 Å². The van der Waals surface area contributed by atoms with Gasteiger partial charge >= 0.3 is 0 Å². The van der Waals surface area contributed by atoms with E-state index < -0.39 is 0 Å². The topological polar surface area (TPSA) is 56.6 Å². The number of hydrogen-bond donors (Lipinski definition) is 0. The number of nitrogens with zero attached hydrogens (tertiary/aromatic N) is 3. The Hall–Kier alpha value is -3.09. The van der Waals surface area contributed by atoms with Crippen molar-refractivity contribution in [3.63, 3.8) is 0 Å². The highest BCUT2D eigenvalue weighted by molar-refractivity contribution is 5.97. The maximum absolute atomic E-state index is 13.6. The summed E-state index contributed by atoms with van der Waals surface area (Å²) in [5, 5.41) is 0. The number of carbonyl (C=O) groups is 1. The monoisotopic (exact) mass is 409 g/mol. The summed E-state index contributed by atoms with van der Waals surface area (Å²) in [6, 6.07) is 8.46. The predicted octanol–water partition coefficient (Wildman–Crippen LogP) is 4.44. The van der Waals surface area contributed by atoms with Crippen molar-refractivity contribution >= 4 is 22.6 Å². The number of aryl methyl sites for hydroxylation is 2. The third-order valence-electron chi connectivity index (χ3n) is 6.02. The van der Waals surface area contributed by atoms with Crippen LogP contribution in [-0.2, 0) is 11.8 Å². The fourth-order valence-corrected chi connectivity index (χ4v) is 4.29. The average molecular weight is 409 g/mol. The molecule has 0 spiro atoms. The van der Waals surface area contributed by atoms with E-state index in [1.807, 2.05) is 35.6 Å². The quantitative estimate of drug-likeness (QED) is 0.642. The van der Waals surface area contributed by atoms with E-state index in [0.717, 1.165) is 41.0 Å². The van der Waals surface area contributed by atoms with Gasteiger partial charge in [-0.15, -0.1) is 0 Å². The number of imidazole rings is 1. The number of fused-ring (bicyclic) bond motifs is 2. The summed E-state index contributed by atoms with van der Waals surface area (Å²) < 4.78 is 27.7. The van der Waals surface area contributed by atoms with Gasteiger partial charge < -0.3 is 18.9 Å². The Kier molecular flexibility index (Phi) is 4.60. The van der Waals surface area contributed by atoms with Crippen molar-refractivity contribution in [2.75, 3.05) is 18.1 Å². The van der Waals surface area contributed by atoms with E-state index in [1.165, 1.54) is 12.1 Å². The molecule has 3 heterocycles. The van der Waals surface area contributed by atoms with Gasteiger partial charge in [0.05, 0.1) is 12.1 Å². The van der Waals surface area contributed by atoms with Gasteiger partial charge in [-0.05, 0) is 38.0 Å². The Morgan fingerprint density at radius 2 is 2.10 bits per heavy atom. The van der Waals surface area contributed by atoms with Crippen LogP contribution in [0.25, 0.3) is 11.0 Å². The summed E-state index contributed by atoms with van der Waals surface area (Å²) >= 11 is 0. The first-order valence-corrected chi connectivity index (χ1v) is 10.4. The molecule has 1 saturated heterocycles. The van der Waals surface area contributed by atoms with E-state index in [9.17, 15) is 9.18 Å². The fraction of sp³-hybridized carbons (Fsp3) is 0.391. The number of rotatable bonds is 3. The summed E-state index contributed by atoms with van der Waals surface area (Å²) in [5.74, 6) is 1.82. The van der Waals surface area contributed by atoms with Gasteiger partial charge in [0.1, 0.15) is 34.8 Å². The minimum atomic E-state index is -0.331. The Morgan fingerprint density at radius 3 is 2.93 bits per heavy atom. The predicted molar refractivity (Wildman–Crippen MR) is 112 cm³/mol. The molecule has 2 aliphatic rings. The van der Waals surface area contributed by atoms with Crippen molar-refractivity contribution in [3.8, 4) is 11.5 Å². The number of amides is 1.